The predicted molar refractivity (Wildman–Crippen MR) is 48.8 cm³/mol. The minimum atomic E-state index is 0.365. The molecule has 0 spiro atoms. The van der Waals surface area contributed by atoms with Crippen LogP contribution in [0.5, 0.6) is 0 Å². The molecule has 12 heavy (non-hydrogen) atoms. The molecule has 3 atom stereocenters. The summed E-state index contributed by atoms with van der Waals surface area (Å²) in [5.74, 6) is 2.05. The van der Waals surface area contributed by atoms with Crippen molar-refractivity contribution in [1.82, 2.24) is 0 Å². The number of hydrogen-bond acceptors (Lipinski definition) is 1. The first kappa shape index (κ1) is 8.03. The van der Waals surface area contributed by atoms with E-state index in [4.69, 9.17) is 0 Å². The zero-order chi connectivity index (χ0) is 8.55. The molecule has 0 N–H and O–H groups in total. The summed E-state index contributed by atoms with van der Waals surface area (Å²) in [4.78, 5) is 11.6. The third-order valence-corrected chi connectivity index (χ3v) is 3.32. The highest BCUT2D eigenvalue weighted by Gasteiger charge is 2.35. The summed E-state index contributed by atoms with van der Waals surface area (Å²) < 4.78 is 0. The maximum atomic E-state index is 11.6. The molecule has 0 aromatic rings. The molecule has 1 fully saturated rings. The first-order chi connectivity index (χ1) is 5.79. The van der Waals surface area contributed by atoms with Crippen LogP contribution in [0.4, 0.5) is 0 Å². The van der Waals surface area contributed by atoms with Crippen LogP contribution in [-0.2, 0) is 4.79 Å². The van der Waals surface area contributed by atoms with Crippen molar-refractivity contribution in [3.8, 4) is 0 Å². The molecule has 66 valence electrons. The van der Waals surface area contributed by atoms with E-state index in [0.717, 1.165) is 19.3 Å². The Balaban J connectivity index is 2.20. The van der Waals surface area contributed by atoms with Crippen molar-refractivity contribution in [2.45, 2.75) is 32.6 Å². The van der Waals surface area contributed by atoms with Gasteiger partial charge >= 0.3 is 0 Å². The van der Waals surface area contributed by atoms with Crippen LogP contribution < -0.4 is 0 Å². The predicted octanol–water partition coefficient (Wildman–Crippen LogP) is 2.57. The molecule has 0 aliphatic heterocycles. The second kappa shape index (κ2) is 3.04. The average Bonchev–Trinajstić information content (AvgIpc) is 2.04. The van der Waals surface area contributed by atoms with E-state index < -0.39 is 0 Å². The molecular formula is C11H16O. The molecule has 0 heterocycles. The Morgan fingerprint density at radius 1 is 1.50 bits per heavy atom. The van der Waals surface area contributed by atoms with Crippen LogP contribution >= 0.6 is 0 Å². The summed E-state index contributed by atoms with van der Waals surface area (Å²) >= 11 is 0. The lowest BCUT2D eigenvalue weighted by Gasteiger charge is -2.35. The lowest BCUT2D eigenvalue weighted by molar-refractivity contribution is -0.128. The molecule has 2 unspecified atom stereocenters. The van der Waals surface area contributed by atoms with Crippen molar-refractivity contribution in [2.24, 2.45) is 17.8 Å². The third-order valence-electron chi connectivity index (χ3n) is 3.32. The first-order valence-corrected chi connectivity index (χ1v) is 4.98. The Bertz CT molecular complexity index is 217. The van der Waals surface area contributed by atoms with E-state index in [2.05, 4.69) is 19.1 Å². The quantitative estimate of drug-likeness (QED) is 0.503. The van der Waals surface area contributed by atoms with Crippen LogP contribution in [0.1, 0.15) is 32.6 Å². The Morgan fingerprint density at radius 3 is 3.08 bits per heavy atom. The summed E-state index contributed by atoms with van der Waals surface area (Å²) in [5.41, 5.74) is 0. The van der Waals surface area contributed by atoms with Gasteiger partial charge in [0.2, 0.25) is 0 Å². The van der Waals surface area contributed by atoms with Crippen molar-refractivity contribution >= 4 is 5.78 Å². The van der Waals surface area contributed by atoms with Gasteiger partial charge < -0.3 is 0 Å². The Kier molecular flexibility index (Phi) is 2.03. The van der Waals surface area contributed by atoms with E-state index in [1.807, 2.05) is 0 Å². The third kappa shape index (κ3) is 1.21. The summed E-state index contributed by atoms with van der Waals surface area (Å²) in [5, 5.41) is 0. The summed E-state index contributed by atoms with van der Waals surface area (Å²) in [6.07, 6.45) is 8.83. The van der Waals surface area contributed by atoms with E-state index in [0.29, 0.717) is 23.5 Å². The molecule has 2 rings (SSSR count). The maximum Gasteiger partial charge on any atom is 0.136 e. The molecule has 0 bridgehead atoms. The minimum absolute atomic E-state index is 0.365. The van der Waals surface area contributed by atoms with Crippen LogP contribution in [0, 0.1) is 17.8 Å². The lowest BCUT2D eigenvalue weighted by Crippen LogP contribution is -2.34. The second-order valence-corrected chi connectivity index (χ2v) is 4.17. The first-order valence-electron chi connectivity index (χ1n) is 4.98. The largest absolute Gasteiger partial charge is 0.299 e. The molecule has 2 aliphatic rings. The number of hydrogen-bond donors (Lipinski definition) is 0. The van der Waals surface area contributed by atoms with Gasteiger partial charge in [-0.05, 0) is 31.1 Å². The van der Waals surface area contributed by atoms with Crippen LogP contribution in [0.15, 0.2) is 12.2 Å². The highest BCUT2D eigenvalue weighted by molar-refractivity contribution is 5.82. The van der Waals surface area contributed by atoms with Crippen molar-refractivity contribution < 1.29 is 4.79 Å². The lowest BCUT2D eigenvalue weighted by atomic mass is 9.68. The van der Waals surface area contributed by atoms with Gasteiger partial charge in [0.1, 0.15) is 5.78 Å². The second-order valence-electron chi connectivity index (χ2n) is 4.17. The van der Waals surface area contributed by atoms with Gasteiger partial charge in [-0.3, -0.25) is 4.79 Å². The van der Waals surface area contributed by atoms with Crippen molar-refractivity contribution in [3.63, 3.8) is 0 Å². The summed E-state index contributed by atoms with van der Waals surface area (Å²) in [6.45, 7) is 2.18. The van der Waals surface area contributed by atoms with Crippen LogP contribution in [-0.4, -0.2) is 5.78 Å². The average molecular weight is 164 g/mol. The fourth-order valence-corrected chi connectivity index (χ4v) is 2.72. The highest BCUT2D eigenvalue weighted by atomic mass is 16.1. The molecule has 0 aromatic carbocycles. The van der Waals surface area contributed by atoms with Crippen molar-refractivity contribution in [1.29, 1.82) is 0 Å². The summed E-state index contributed by atoms with van der Waals surface area (Å²) in [7, 11) is 0. The zero-order valence-corrected chi connectivity index (χ0v) is 7.62. The van der Waals surface area contributed by atoms with Gasteiger partial charge in [-0.25, -0.2) is 0 Å². The van der Waals surface area contributed by atoms with Crippen molar-refractivity contribution in [3.05, 3.63) is 12.2 Å². The molecule has 0 amide bonds. The van der Waals surface area contributed by atoms with Gasteiger partial charge in [-0.1, -0.05) is 19.1 Å². The number of fused-ring (bicyclic) bond motifs is 1. The molecule has 2 aliphatic carbocycles. The monoisotopic (exact) mass is 164 g/mol. The van der Waals surface area contributed by atoms with Crippen LogP contribution in [0.25, 0.3) is 0 Å². The van der Waals surface area contributed by atoms with E-state index >= 15 is 0 Å². The number of allylic oxidation sites excluding steroid dienone is 2. The number of carbonyl (C=O) groups is 1. The number of carbonyl (C=O) groups excluding carboxylic acids is 1. The Labute approximate surface area is 73.8 Å². The topological polar surface area (TPSA) is 17.1 Å². The van der Waals surface area contributed by atoms with Gasteiger partial charge in [0.05, 0.1) is 0 Å². The fourth-order valence-electron chi connectivity index (χ4n) is 2.72. The van der Waals surface area contributed by atoms with E-state index in [1.54, 1.807) is 0 Å². The SMILES string of the molecule is C[C@@H]1C=CCC2CCCC(=O)C21. The minimum Gasteiger partial charge on any atom is -0.299 e. The smallest absolute Gasteiger partial charge is 0.136 e. The standard InChI is InChI=1S/C11H16O/c1-8-4-2-5-9-6-3-7-10(12)11(8)9/h2,4,8-9,11H,3,5-7H2,1H3/t8-,9?,11?/m1/s1. The number of rotatable bonds is 0. The molecule has 1 heteroatoms. The molecular weight excluding hydrogens is 148 g/mol. The van der Waals surface area contributed by atoms with Crippen LogP contribution in [0.2, 0.25) is 0 Å². The van der Waals surface area contributed by atoms with Crippen molar-refractivity contribution in [2.75, 3.05) is 0 Å². The van der Waals surface area contributed by atoms with Gasteiger partial charge in [0, 0.05) is 12.3 Å². The van der Waals surface area contributed by atoms with E-state index in [9.17, 15) is 4.79 Å². The van der Waals surface area contributed by atoms with E-state index in [1.165, 1.54) is 6.42 Å². The molecule has 0 radical (unpaired) electrons. The fraction of sp³-hybridized carbons (Fsp3) is 0.727. The number of Topliss-reactive ketones (excluding diaryl/α,β-unsaturated/α-hetero) is 1. The molecule has 0 saturated heterocycles. The van der Waals surface area contributed by atoms with Gasteiger partial charge in [-0.2, -0.15) is 0 Å². The van der Waals surface area contributed by atoms with Gasteiger partial charge in [0.15, 0.2) is 0 Å². The maximum absolute atomic E-state index is 11.6. The van der Waals surface area contributed by atoms with Gasteiger partial charge in [0.25, 0.3) is 0 Å². The molecule has 1 saturated carbocycles. The molecule has 1 nitrogen and oxygen atoms in total. The van der Waals surface area contributed by atoms with E-state index in [-0.39, 0.29) is 0 Å². The normalized spacial score (nSPS) is 41.1. The zero-order valence-electron chi connectivity index (χ0n) is 7.62. The van der Waals surface area contributed by atoms with Crippen LogP contribution in [0.3, 0.4) is 0 Å². The summed E-state index contributed by atoms with van der Waals surface area (Å²) in [6, 6.07) is 0. The number of ketones is 1. The Morgan fingerprint density at radius 2 is 2.33 bits per heavy atom. The Hall–Kier alpha value is -0.590. The highest BCUT2D eigenvalue weighted by Crippen LogP contribution is 2.38. The van der Waals surface area contributed by atoms with Gasteiger partial charge in [-0.15, -0.1) is 0 Å². The molecule has 0 aromatic heterocycles.